The van der Waals surface area contributed by atoms with Crippen molar-refractivity contribution in [3.8, 4) is 17.2 Å². The van der Waals surface area contributed by atoms with Crippen molar-refractivity contribution in [2.45, 2.75) is 111 Å². The standard InChI is InChI=1S/C25H42O3/c1-5-24(2,3)14-10-6-8-12-19-20(23(28)22(27)18-21(19)26)13-9-7-11-15-25(4)16-17-25/h18,26-28H,5-17H2,1-4H3. The van der Waals surface area contributed by atoms with Crippen LogP contribution in [0.2, 0.25) is 0 Å². The molecule has 1 aliphatic carbocycles. The van der Waals surface area contributed by atoms with Gasteiger partial charge in [-0.15, -0.1) is 0 Å². The molecule has 0 unspecified atom stereocenters. The molecule has 0 saturated heterocycles. The number of hydrogen-bond donors (Lipinski definition) is 3. The Morgan fingerprint density at radius 3 is 2.07 bits per heavy atom. The van der Waals surface area contributed by atoms with Crippen LogP contribution in [0.5, 0.6) is 17.2 Å². The third-order valence-corrected chi connectivity index (χ3v) is 7.02. The summed E-state index contributed by atoms with van der Waals surface area (Å²) in [6.45, 7) is 9.25. The molecular formula is C25H42O3. The first kappa shape index (κ1) is 22.9. The van der Waals surface area contributed by atoms with Gasteiger partial charge in [0.25, 0.3) is 0 Å². The predicted molar refractivity (Wildman–Crippen MR) is 117 cm³/mol. The third kappa shape index (κ3) is 6.90. The van der Waals surface area contributed by atoms with Crippen molar-refractivity contribution >= 4 is 0 Å². The van der Waals surface area contributed by atoms with Gasteiger partial charge < -0.3 is 15.3 Å². The molecule has 1 aromatic rings. The fraction of sp³-hybridized carbons (Fsp3) is 0.760. The Kier molecular flexibility index (Phi) is 8.09. The molecule has 0 spiro atoms. The lowest BCUT2D eigenvalue weighted by atomic mass is 9.84. The molecule has 2 rings (SSSR count). The average molecular weight is 391 g/mol. The topological polar surface area (TPSA) is 60.7 Å². The molecule has 0 amide bonds. The first-order chi connectivity index (χ1) is 13.2. The maximum atomic E-state index is 10.4. The summed E-state index contributed by atoms with van der Waals surface area (Å²) in [5, 5.41) is 30.7. The van der Waals surface area contributed by atoms with Crippen LogP contribution >= 0.6 is 0 Å². The van der Waals surface area contributed by atoms with E-state index >= 15 is 0 Å². The predicted octanol–water partition coefficient (Wildman–Crippen LogP) is 7.25. The highest BCUT2D eigenvalue weighted by molar-refractivity contribution is 5.55. The third-order valence-electron chi connectivity index (χ3n) is 7.02. The molecule has 28 heavy (non-hydrogen) atoms. The molecule has 0 radical (unpaired) electrons. The second-order valence-corrected chi connectivity index (χ2v) is 10.2. The lowest BCUT2D eigenvalue weighted by Crippen LogP contribution is -2.08. The minimum absolute atomic E-state index is 0.0333. The van der Waals surface area contributed by atoms with Crippen LogP contribution in [0.3, 0.4) is 0 Å². The smallest absolute Gasteiger partial charge is 0.161 e. The first-order valence-corrected chi connectivity index (χ1v) is 11.4. The van der Waals surface area contributed by atoms with Crippen LogP contribution in [-0.4, -0.2) is 15.3 Å². The molecule has 1 aliphatic rings. The van der Waals surface area contributed by atoms with Crippen LogP contribution in [0.15, 0.2) is 6.07 Å². The second-order valence-electron chi connectivity index (χ2n) is 10.2. The zero-order valence-corrected chi connectivity index (χ0v) is 18.6. The summed E-state index contributed by atoms with van der Waals surface area (Å²) in [7, 11) is 0. The summed E-state index contributed by atoms with van der Waals surface area (Å²) in [6.07, 6.45) is 14.6. The number of aromatic hydroxyl groups is 3. The maximum Gasteiger partial charge on any atom is 0.161 e. The van der Waals surface area contributed by atoms with E-state index in [0.29, 0.717) is 10.8 Å². The monoisotopic (exact) mass is 390 g/mol. The number of hydrogen-bond acceptors (Lipinski definition) is 3. The molecule has 1 aromatic carbocycles. The van der Waals surface area contributed by atoms with E-state index in [-0.39, 0.29) is 17.2 Å². The minimum Gasteiger partial charge on any atom is -0.508 e. The van der Waals surface area contributed by atoms with Crippen LogP contribution in [0, 0.1) is 10.8 Å². The Balaban J connectivity index is 1.86. The van der Waals surface area contributed by atoms with Crippen molar-refractivity contribution in [2.24, 2.45) is 10.8 Å². The number of phenols is 3. The van der Waals surface area contributed by atoms with Gasteiger partial charge in [0, 0.05) is 17.2 Å². The largest absolute Gasteiger partial charge is 0.508 e. The Bertz CT molecular complexity index is 629. The van der Waals surface area contributed by atoms with Crippen molar-refractivity contribution in [1.82, 2.24) is 0 Å². The van der Waals surface area contributed by atoms with E-state index in [1.54, 1.807) is 0 Å². The highest BCUT2D eigenvalue weighted by Gasteiger charge is 2.35. The molecule has 0 bridgehead atoms. The Morgan fingerprint density at radius 1 is 0.857 bits per heavy atom. The maximum absolute atomic E-state index is 10.4. The molecule has 0 aliphatic heterocycles. The summed E-state index contributed by atoms with van der Waals surface area (Å²) in [4.78, 5) is 0. The molecular weight excluding hydrogens is 348 g/mol. The van der Waals surface area contributed by atoms with E-state index in [0.717, 1.165) is 49.7 Å². The van der Waals surface area contributed by atoms with Crippen LogP contribution < -0.4 is 0 Å². The Labute approximate surface area is 172 Å². The minimum atomic E-state index is -0.202. The molecule has 0 aromatic heterocycles. The summed E-state index contributed by atoms with van der Waals surface area (Å²) in [5.74, 6) is -0.106. The molecule has 0 heterocycles. The van der Waals surface area contributed by atoms with E-state index in [4.69, 9.17) is 0 Å². The number of rotatable bonds is 13. The van der Waals surface area contributed by atoms with Gasteiger partial charge in [-0.2, -0.15) is 0 Å². The van der Waals surface area contributed by atoms with Gasteiger partial charge in [0.05, 0.1) is 0 Å². The van der Waals surface area contributed by atoms with Crippen LogP contribution in [0.4, 0.5) is 0 Å². The Hall–Kier alpha value is -1.38. The number of phenolic OH excluding ortho intramolecular Hbond substituents is 3. The normalized spacial score (nSPS) is 15.7. The van der Waals surface area contributed by atoms with Crippen molar-refractivity contribution in [3.05, 3.63) is 17.2 Å². The van der Waals surface area contributed by atoms with E-state index < -0.39 is 0 Å². The molecule has 160 valence electrons. The molecule has 3 heteroatoms. The molecule has 0 atom stereocenters. The van der Waals surface area contributed by atoms with Crippen LogP contribution in [-0.2, 0) is 12.8 Å². The van der Waals surface area contributed by atoms with E-state index in [2.05, 4.69) is 27.7 Å². The van der Waals surface area contributed by atoms with Gasteiger partial charge in [0.2, 0.25) is 0 Å². The molecule has 1 saturated carbocycles. The van der Waals surface area contributed by atoms with Gasteiger partial charge in [0.15, 0.2) is 11.5 Å². The van der Waals surface area contributed by atoms with Crippen LogP contribution in [0.25, 0.3) is 0 Å². The SMILES string of the molecule is CCC(C)(C)CCCCCc1c(O)cc(O)c(O)c1CCCCCC1(C)CC1. The van der Waals surface area contributed by atoms with E-state index in [9.17, 15) is 15.3 Å². The van der Waals surface area contributed by atoms with E-state index in [1.165, 1.54) is 51.0 Å². The molecule has 3 nitrogen and oxygen atoms in total. The van der Waals surface area contributed by atoms with Gasteiger partial charge in [-0.05, 0) is 62.2 Å². The fourth-order valence-electron chi connectivity index (χ4n) is 4.04. The fourth-order valence-corrected chi connectivity index (χ4v) is 4.04. The van der Waals surface area contributed by atoms with Gasteiger partial charge >= 0.3 is 0 Å². The van der Waals surface area contributed by atoms with Gasteiger partial charge in [-0.1, -0.05) is 59.8 Å². The highest BCUT2D eigenvalue weighted by atomic mass is 16.3. The molecule has 3 N–H and O–H groups in total. The van der Waals surface area contributed by atoms with Crippen molar-refractivity contribution < 1.29 is 15.3 Å². The first-order valence-electron chi connectivity index (χ1n) is 11.4. The lowest BCUT2D eigenvalue weighted by Gasteiger charge is -2.22. The van der Waals surface area contributed by atoms with Crippen LogP contribution in [0.1, 0.15) is 109 Å². The summed E-state index contributed by atoms with van der Waals surface area (Å²) in [6, 6.07) is 1.29. The molecule has 1 fully saturated rings. The lowest BCUT2D eigenvalue weighted by molar-refractivity contribution is 0.308. The number of benzene rings is 1. The van der Waals surface area contributed by atoms with Crippen molar-refractivity contribution in [3.63, 3.8) is 0 Å². The van der Waals surface area contributed by atoms with Crippen molar-refractivity contribution in [1.29, 1.82) is 0 Å². The summed E-state index contributed by atoms with van der Waals surface area (Å²) in [5.41, 5.74) is 2.59. The van der Waals surface area contributed by atoms with Gasteiger partial charge in [-0.3, -0.25) is 0 Å². The summed E-state index contributed by atoms with van der Waals surface area (Å²) >= 11 is 0. The van der Waals surface area contributed by atoms with E-state index in [1.807, 2.05) is 0 Å². The van der Waals surface area contributed by atoms with Gasteiger partial charge in [0.1, 0.15) is 5.75 Å². The Morgan fingerprint density at radius 2 is 1.46 bits per heavy atom. The number of unbranched alkanes of at least 4 members (excludes halogenated alkanes) is 4. The average Bonchev–Trinajstić information content (AvgIpc) is 3.37. The quantitative estimate of drug-likeness (QED) is 0.189. The summed E-state index contributed by atoms with van der Waals surface area (Å²) < 4.78 is 0. The van der Waals surface area contributed by atoms with Gasteiger partial charge in [-0.25, -0.2) is 0 Å². The zero-order chi connectivity index (χ0) is 20.8. The zero-order valence-electron chi connectivity index (χ0n) is 18.6. The highest BCUT2D eigenvalue weighted by Crippen LogP contribution is 2.49. The second kappa shape index (κ2) is 9.89. The van der Waals surface area contributed by atoms with Crippen molar-refractivity contribution in [2.75, 3.05) is 0 Å².